The summed E-state index contributed by atoms with van der Waals surface area (Å²) in [6, 6.07) is 0. The zero-order valence-corrected chi connectivity index (χ0v) is 10.8. The number of hydrogen-bond acceptors (Lipinski definition) is 1. The van der Waals surface area contributed by atoms with Gasteiger partial charge in [-0.2, -0.15) is 0 Å². The van der Waals surface area contributed by atoms with Crippen molar-refractivity contribution in [3.8, 4) is 0 Å². The monoisotopic (exact) mass is 222 g/mol. The van der Waals surface area contributed by atoms with Crippen molar-refractivity contribution in [3.63, 3.8) is 0 Å². The molecule has 0 atom stereocenters. The Kier molecular flexibility index (Phi) is 7.24. The van der Waals surface area contributed by atoms with E-state index in [9.17, 15) is 0 Å². The third kappa shape index (κ3) is 6.84. The second-order valence-corrected chi connectivity index (χ2v) is 5.10. The summed E-state index contributed by atoms with van der Waals surface area (Å²) < 4.78 is 5.66. The second kappa shape index (κ2) is 8.58. The van der Waals surface area contributed by atoms with E-state index in [-0.39, 0.29) is 0 Å². The molecule has 0 spiro atoms. The molecular weight excluding hydrogens is 196 g/mol. The minimum absolute atomic E-state index is 0.632. The molecule has 1 saturated carbocycles. The quantitative estimate of drug-likeness (QED) is 0.479. The van der Waals surface area contributed by atoms with E-state index in [2.05, 4.69) is 38.2 Å². The standard InChI is InChI=1S/C15H26O/c1-14(2)9-5-4-8-12-16-13-15-10-6-3-7-11-15/h4-5,8-9,14-15H,3,6-7,10-13H2,1-2H3/b8-4-,9-5-. The van der Waals surface area contributed by atoms with Crippen molar-refractivity contribution >= 4 is 0 Å². The summed E-state index contributed by atoms with van der Waals surface area (Å²) in [5, 5.41) is 0. The second-order valence-electron chi connectivity index (χ2n) is 5.10. The van der Waals surface area contributed by atoms with Crippen LogP contribution in [0.3, 0.4) is 0 Å². The third-order valence-electron chi connectivity index (χ3n) is 3.04. The Morgan fingerprint density at radius 2 is 1.88 bits per heavy atom. The van der Waals surface area contributed by atoms with Gasteiger partial charge in [-0.3, -0.25) is 0 Å². The number of ether oxygens (including phenoxy) is 1. The first kappa shape index (κ1) is 13.5. The molecule has 1 fully saturated rings. The van der Waals surface area contributed by atoms with Gasteiger partial charge in [0.1, 0.15) is 0 Å². The van der Waals surface area contributed by atoms with Crippen LogP contribution in [0.4, 0.5) is 0 Å². The fourth-order valence-corrected chi connectivity index (χ4v) is 2.08. The van der Waals surface area contributed by atoms with Crippen LogP contribution in [0.25, 0.3) is 0 Å². The maximum absolute atomic E-state index is 5.66. The van der Waals surface area contributed by atoms with E-state index in [1.165, 1.54) is 32.1 Å². The van der Waals surface area contributed by atoms with Crippen LogP contribution in [0.5, 0.6) is 0 Å². The average Bonchev–Trinajstić information content (AvgIpc) is 2.29. The Morgan fingerprint density at radius 1 is 1.12 bits per heavy atom. The molecule has 1 nitrogen and oxygen atoms in total. The molecule has 0 radical (unpaired) electrons. The molecule has 0 bridgehead atoms. The fraction of sp³-hybridized carbons (Fsp3) is 0.733. The molecule has 1 rings (SSSR count). The van der Waals surface area contributed by atoms with Gasteiger partial charge in [0.05, 0.1) is 6.61 Å². The van der Waals surface area contributed by atoms with Gasteiger partial charge in [0.15, 0.2) is 0 Å². The maximum Gasteiger partial charge on any atom is 0.0650 e. The van der Waals surface area contributed by atoms with Crippen LogP contribution < -0.4 is 0 Å². The Balaban J connectivity index is 1.98. The van der Waals surface area contributed by atoms with Crippen LogP contribution in [-0.4, -0.2) is 13.2 Å². The van der Waals surface area contributed by atoms with Gasteiger partial charge in [0.2, 0.25) is 0 Å². The van der Waals surface area contributed by atoms with Gasteiger partial charge < -0.3 is 4.74 Å². The van der Waals surface area contributed by atoms with Crippen LogP contribution in [0, 0.1) is 11.8 Å². The molecule has 0 aromatic heterocycles. The van der Waals surface area contributed by atoms with Crippen molar-refractivity contribution in [1.82, 2.24) is 0 Å². The SMILES string of the molecule is CC(C)/C=C\C=C/COCC1CCCCC1. The van der Waals surface area contributed by atoms with Crippen molar-refractivity contribution in [2.75, 3.05) is 13.2 Å². The minimum atomic E-state index is 0.632. The summed E-state index contributed by atoms with van der Waals surface area (Å²) >= 11 is 0. The topological polar surface area (TPSA) is 9.23 Å². The molecule has 0 aromatic carbocycles. The summed E-state index contributed by atoms with van der Waals surface area (Å²) in [7, 11) is 0. The summed E-state index contributed by atoms with van der Waals surface area (Å²) in [5.74, 6) is 1.46. The highest BCUT2D eigenvalue weighted by Crippen LogP contribution is 2.23. The lowest BCUT2D eigenvalue weighted by Gasteiger charge is -2.20. The number of rotatable bonds is 6. The van der Waals surface area contributed by atoms with E-state index in [0.29, 0.717) is 5.92 Å². The number of hydrogen-bond donors (Lipinski definition) is 0. The molecule has 1 aliphatic rings. The van der Waals surface area contributed by atoms with Crippen LogP contribution in [-0.2, 0) is 4.74 Å². The predicted molar refractivity (Wildman–Crippen MR) is 70.5 cm³/mol. The van der Waals surface area contributed by atoms with Gasteiger partial charge in [-0.15, -0.1) is 0 Å². The smallest absolute Gasteiger partial charge is 0.0650 e. The van der Waals surface area contributed by atoms with Gasteiger partial charge in [-0.1, -0.05) is 57.4 Å². The van der Waals surface area contributed by atoms with E-state index in [4.69, 9.17) is 4.74 Å². The molecular formula is C15H26O. The first-order valence-corrected chi connectivity index (χ1v) is 6.70. The van der Waals surface area contributed by atoms with E-state index >= 15 is 0 Å². The molecule has 1 aliphatic carbocycles. The van der Waals surface area contributed by atoms with Crippen LogP contribution in [0.2, 0.25) is 0 Å². The molecule has 0 amide bonds. The fourth-order valence-electron chi connectivity index (χ4n) is 2.08. The Bertz CT molecular complexity index is 209. The molecule has 0 heterocycles. The Labute approximate surface area is 101 Å². The van der Waals surface area contributed by atoms with Gasteiger partial charge >= 0.3 is 0 Å². The van der Waals surface area contributed by atoms with Crippen molar-refractivity contribution in [1.29, 1.82) is 0 Å². The molecule has 16 heavy (non-hydrogen) atoms. The molecule has 1 heteroatoms. The van der Waals surface area contributed by atoms with Crippen molar-refractivity contribution < 1.29 is 4.74 Å². The van der Waals surface area contributed by atoms with Crippen LogP contribution in [0.1, 0.15) is 46.0 Å². The largest absolute Gasteiger partial charge is 0.377 e. The first-order valence-electron chi connectivity index (χ1n) is 6.70. The van der Waals surface area contributed by atoms with E-state index < -0.39 is 0 Å². The highest BCUT2D eigenvalue weighted by molar-refractivity contribution is 5.03. The summed E-state index contributed by atoms with van der Waals surface area (Å²) in [6.45, 7) is 6.09. The van der Waals surface area contributed by atoms with E-state index in [1.54, 1.807) is 0 Å². The van der Waals surface area contributed by atoms with E-state index in [1.807, 2.05) is 0 Å². The molecule has 0 aromatic rings. The lowest BCUT2D eigenvalue weighted by atomic mass is 9.90. The number of allylic oxidation sites excluding steroid dienone is 3. The molecule has 92 valence electrons. The van der Waals surface area contributed by atoms with Crippen molar-refractivity contribution in [2.45, 2.75) is 46.0 Å². The zero-order chi connectivity index (χ0) is 11.6. The highest BCUT2D eigenvalue weighted by Gasteiger charge is 2.12. The van der Waals surface area contributed by atoms with Gasteiger partial charge in [-0.25, -0.2) is 0 Å². The van der Waals surface area contributed by atoms with Crippen molar-refractivity contribution in [3.05, 3.63) is 24.3 Å². The molecule has 0 N–H and O–H groups in total. The Hall–Kier alpha value is -0.560. The van der Waals surface area contributed by atoms with Gasteiger partial charge in [0, 0.05) is 6.61 Å². The summed E-state index contributed by atoms with van der Waals surface area (Å²) in [4.78, 5) is 0. The molecule has 0 aliphatic heterocycles. The highest BCUT2D eigenvalue weighted by atomic mass is 16.5. The minimum Gasteiger partial charge on any atom is -0.377 e. The Morgan fingerprint density at radius 3 is 2.56 bits per heavy atom. The van der Waals surface area contributed by atoms with Crippen molar-refractivity contribution in [2.24, 2.45) is 11.8 Å². The van der Waals surface area contributed by atoms with Crippen LogP contribution in [0.15, 0.2) is 24.3 Å². The lowest BCUT2D eigenvalue weighted by molar-refractivity contribution is 0.106. The molecule has 0 unspecified atom stereocenters. The molecule has 0 saturated heterocycles. The predicted octanol–water partition coefficient (Wildman–Crippen LogP) is 4.35. The summed E-state index contributed by atoms with van der Waals surface area (Å²) in [5.41, 5.74) is 0. The maximum atomic E-state index is 5.66. The van der Waals surface area contributed by atoms with Crippen LogP contribution >= 0.6 is 0 Å². The van der Waals surface area contributed by atoms with Gasteiger partial charge in [0.25, 0.3) is 0 Å². The normalized spacial score (nSPS) is 19.2. The van der Waals surface area contributed by atoms with E-state index in [0.717, 1.165) is 19.1 Å². The zero-order valence-electron chi connectivity index (χ0n) is 10.8. The third-order valence-corrected chi connectivity index (χ3v) is 3.04. The lowest BCUT2D eigenvalue weighted by Crippen LogP contribution is -2.13. The first-order chi connectivity index (χ1) is 7.79. The van der Waals surface area contributed by atoms with Gasteiger partial charge in [-0.05, 0) is 24.7 Å². The average molecular weight is 222 g/mol. The summed E-state index contributed by atoms with van der Waals surface area (Å²) in [6.07, 6.45) is 15.5.